The molecule has 6 nitrogen and oxygen atoms in total. The fourth-order valence-corrected chi connectivity index (χ4v) is 3.63. The maximum Gasteiger partial charge on any atom is 0.178 e. The molecule has 8 heteroatoms. The Labute approximate surface area is 155 Å². The molecule has 0 aliphatic rings. The van der Waals surface area contributed by atoms with Crippen molar-refractivity contribution < 1.29 is 8.42 Å². The van der Waals surface area contributed by atoms with Crippen LogP contribution in [-0.2, 0) is 9.84 Å². The van der Waals surface area contributed by atoms with Gasteiger partial charge in [-0.05, 0) is 46.1 Å². The normalized spacial score (nSPS) is 12.0. The highest BCUT2D eigenvalue weighted by Crippen LogP contribution is 2.26. The zero-order valence-corrected chi connectivity index (χ0v) is 16.6. The number of aromatic nitrogens is 3. The topological polar surface area (TPSA) is 76.4 Å². The Morgan fingerprint density at radius 3 is 2.52 bits per heavy atom. The van der Waals surface area contributed by atoms with Crippen molar-refractivity contribution >= 4 is 42.9 Å². The van der Waals surface area contributed by atoms with E-state index in [9.17, 15) is 8.42 Å². The first kappa shape index (κ1) is 17.9. The SMILES string of the molecule is CCS(=O)(=O)c1ccc(Nc2cc(C(C)C)nc3c(Br)cnn23)cc1. The second-order valence-corrected chi connectivity index (χ2v) is 9.13. The minimum absolute atomic E-state index is 0.0871. The van der Waals surface area contributed by atoms with Crippen LogP contribution in [0.25, 0.3) is 5.65 Å². The summed E-state index contributed by atoms with van der Waals surface area (Å²) in [6.07, 6.45) is 1.70. The number of hydrogen-bond acceptors (Lipinski definition) is 5. The molecular weight excluding hydrogens is 404 g/mol. The van der Waals surface area contributed by atoms with E-state index in [0.29, 0.717) is 4.90 Å². The molecule has 0 atom stereocenters. The number of anilines is 2. The van der Waals surface area contributed by atoms with E-state index in [0.717, 1.165) is 27.3 Å². The highest BCUT2D eigenvalue weighted by molar-refractivity contribution is 9.10. The molecule has 0 spiro atoms. The molecule has 1 aromatic carbocycles. The van der Waals surface area contributed by atoms with E-state index >= 15 is 0 Å². The summed E-state index contributed by atoms with van der Waals surface area (Å²) in [7, 11) is -3.20. The van der Waals surface area contributed by atoms with Crippen LogP contribution in [-0.4, -0.2) is 28.8 Å². The van der Waals surface area contributed by atoms with Gasteiger partial charge in [-0.15, -0.1) is 0 Å². The van der Waals surface area contributed by atoms with E-state index in [4.69, 9.17) is 0 Å². The Morgan fingerprint density at radius 1 is 1.24 bits per heavy atom. The lowest BCUT2D eigenvalue weighted by molar-refractivity contribution is 0.597. The molecule has 25 heavy (non-hydrogen) atoms. The molecule has 0 unspecified atom stereocenters. The number of nitrogens with one attached hydrogen (secondary N) is 1. The van der Waals surface area contributed by atoms with E-state index in [1.54, 1.807) is 41.9 Å². The average Bonchev–Trinajstić information content (AvgIpc) is 2.97. The molecule has 3 aromatic rings. The summed E-state index contributed by atoms with van der Waals surface area (Å²) in [5.41, 5.74) is 2.46. The van der Waals surface area contributed by atoms with Crippen molar-refractivity contribution in [2.75, 3.05) is 11.1 Å². The van der Waals surface area contributed by atoms with Gasteiger partial charge in [-0.3, -0.25) is 0 Å². The van der Waals surface area contributed by atoms with Crippen molar-refractivity contribution in [1.82, 2.24) is 14.6 Å². The lowest BCUT2D eigenvalue weighted by Gasteiger charge is -2.12. The number of rotatable bonds is 5. The minimum Gasteiger partial charge on any atom is -0.340 e. The van der Waals surface area contributed by atoms with Crippen LogP contribution in [0.15, 0.2) is 45.9 Å². The Bertz CT molecular complexity index is 1010. The molecule has 0 fully saturated rings. The summed E-state index contributed by atoms with van der Waals surface area (Å²) in [6.45, 7) is 5.80. The predicted octanol–water partition coefficient (Wildman–Crippen LogP) is 4.15. The van der Waals surface area contributed by atoms with Crippen LogP contribution in [0.3, 0.4) is 0 Å². The monoisotopic (exact) mass is 422 g/mol. The summed E-state index contributed by atoms with van der Waals surface area (Å²) >= 11 is 3.47. The summed E-state index contributed by atoms with van der Waals surface area (Å²) in [5, 5.41) is 7.63. The van der Waals surface area contributed by atoms with Crippen LogP contribution >= 0.6 is 15.9 Å². The predicted molar refractivity (Wildman–Crippen MR) is 102 cm³/mol. The third-order valence-electron chi connectivity index (χ3n) is 3.91. The van der Waals surface area contributed by atoms with Gasteiger partial charge in [-0.1, -0.05) is 20.8 Å². The lowest BCUT2D eigenvalue weighted by Crippen LogP contribution is -2.06. The van der Waals surface area contributed by atoms with Gasteiger partial charge in [0.15, 0.2) is 15.5 Å². The fourth-order valence-electron chi connectivity index (χ4n) is 2.40. The first-order valence-corrected chi connectivity index (χ1v) is 10.4. The number of fused-ring (bicyclic) bond motifs is 1. The van der Waals surface area contributed by atoms with Crippen molar-refractivity contribution in [2.24, 2.45) is 0 Å². The highest BCUT2D eigenvalue weighted by Gasteiger charge is 2.14. The second-order valence-electron chi connectivity index (χ2n) is 6.00. The van der Waals surface area contributed by atoms with Gasteiger partial charge in [0.1, 0.15) is 5.82 Å². The van der Waals surface area contributed by atoms with E-state index in [1.165, 1.54) is 0 Å². The molecule has 0 amide bonds. The van der Waals surface area contributed by atoms with Gasteiger partial charge in [0.25, 0.3) is 0 Å². The van der Waals surface area contributed by atoms with Crippen molar-refractivity contribution in [3.05, 3.63) is 46.7 Å². The molecular formula is C17H19BrN4O2S. The molecule has 2 heterocycles. The summed E-state index contributed by atoms with van der Waals surface area (Å²) < 4.78 is 26.4. The molecule has 2 aromatic heterocycles. The van der Waals surface area contributed by atoms with Gasteiger partial charge < -0.3 is 5.32 Å². The molecule has 132 valence electrons. The van der Waals surface area contributed by atoms with Crippen molar-refractivity contribution in [2.45, 2.75) is 31.6 Å². The molecule has 1 N–H and O–H groups in total. The zero-order chi connectivity index (χ0) is 18.2. The van der Waals surface area contributed by atoms with E-state index in [2.05, 4.69) is 45.2 Å². The minimum atomic E-state index is -3.20. The van der Waals surface area contributed by atoms with Crippen LogP contribution in [0.2, 0.25) is 0 Å². The van der Waals surface area contributed by atoms with Crippen LogP contribution in [0.1, 0.15) is 32.4 Å². The molecule has 3 rings (SSSR count). The van der Waals surface area contributed by atoms with Gasteiger partial charge in [0, 0.05) is 17.4 Å². The Kier molecular flexibility index (Phi) is 4.83. The van der Waals surface area contributed by atoms with E-state index < -0.39 is 9.84 Å². The van der Waals surface area contributed by atoms with E-state index in [1.807, 2.05) is 6.07 Å². The van der Waals surface area contributed by atoms with Crippen LogP contribution < -0.4 is 5.32 Å². The Morgan fingerprint density at radius 2 is 1.92 bits per heavy atom. The molecule has 0 radical (unpaired) electrons. The molecule has 0 saturated heterocycles. The molecule has 0 aliphatic carbocycles. The fraction of sp³-hybridized carbons (Fsp3) is 0.294. The number of sulfone groups is 1. The number of halogens is 1. The van der Waals surface area contributed by atoms with Gasteiger partial charge in [-0.2, -0.15) is 9.61 Å². The Hall–Kier alpha value is -1.93. The smallest absolute Gasteiger partial charge is 0.178 e. The first-order chi connectivity index (χ1) is 11.8. The summed E-state index contributed by atoms with van der Waals surface area (Å²) in [6, 6.07) is 8.68. The number of benzene rings is 1. The van der Waals surface area contributed by atoms with E-state index in [-0.39, 0.29) is 11.7 Å². The zero-order valence-electron chi connectivity index (χ0n) is 14.2. The first-order valence-electron chi connectivity index (χ1n) is 7.96. The highest BCUT2D eigenvalue weighted by atomic mass is 79.9. The number of nitrogens with zero attached hydrogens (tertiary/aromatic N) is 3. The molecule has 0 saturated carbocycles. The summed E-state index contributed by atoms with van der Waals surface area (Å²) in [5.74, 6) is 1.12. The lowest BCUT2D eigenvalue weighted by atomic mass is 10.1. The van der Waals surface area contributed by atoms with Crippen molar-refractivity contribution in [1.29, 1.82) is 0 Å². The van der Waals surface area contributed by atoms with Crippen LogP contribution in [0.5, 0.6) is 0 Å². The third kappa shape index (κ3) is 3.55. The standard InChI is InChI=1S/C17H19BrN4O2S/c1-4-25(23,24)13-7-5-12(6-8-13)20-16-9-15(11(2)3)21-17-14(18)10-19-22(16)17/h5-11,20H,4H2,1-3H3. The molecule has 0 bridgehead atoms. The number of hydrogen-bond donors (Lipinski definition) is 1. The van der Waals surface area contributed by atoms with Crippen molar-refractivity contribution in [3.8, 4) is 0 Å². The largest absolute Gasteiger partial charge is 0.340 e. The Balaban J connectivity index is 2.00. The maximum absolute atomic E-state index is 11.9. The second kappa shape index (κ2) is 6.76. The van der Waals surface area contributed by atoms with Gasteiger partial charge in [0.05, 0.1) is 21.3 Å². The molecule has 0 aliphatic heterocycles. The quantitative estimate of drug-likeness (QED) is 0.667. The van der Waals surface area contributed by atoms with Crippen LogP contribution in [0, 0.1) is 0 Å². The van der Waals surface area contributed by atoms with Gasteiger partial charge in [0.2, 0.25) is 0 Å². The van der Waals surface area contributed by atoms with Crippen molar-refractivity contribution in [3.63, 3.8) is 0 Å². The average molecular weight is 423 g/mol. The summed E-state index contributed by atoms with van der Waals surface area (Å²) in [4.78, 5) is 4.95. The maximum atomic E-state index is 11.9. The van der Waals surface area contributed by atoms with Crippen LogP contribution in [0.4, 0.5) is 11.5 Å². The van der Waals surface area contributed by atoms with Gasteiger partial charge >= 0.3 is 0 Å². The van der Waals surface area contributed by atoms with Gasteiger partial charge in [-0.25, -0.2) is 13.4 Å². The third-order valence-corrected chi connectivity index (χ3v) is 6.22.